The van der Waals surface area contributed by atoms with Crippen molar-refractivity contribution in [2.75, 3.05) is 0 Å². The summed E-state index contributed by atoms with van der Waals surface area (Å²) < 4.78 is 0. The summed E-state index contributed by atoms with van der Waals surface area (Å²) in [7, 11) is 0. The predicted molar refractivity (Wildman–Crippen MR) is 82.2 cm³/mol. The van der Waals surface area contributed by atoms with Crippen molar-refractivity contribution < 1.29 is 0 Å². The summed E-state index contributed by atoms with van der Waals surface area (Å²) in [6.45, 7) is 6.88. The van der Waals surface area contributed by atoms with E-state index in [-0.39, 0.29) is 0 Å². The lowest BCUT2D eigenvalue weighted by Gasteiger charge is -2.20. The molecule has 0 saturated heterocycles. The highest BCUT2D eigenvalue weighted by Crippen LogP contribution is 2.30. The third-order valence-corrected chi connectivity index (χ3v) is 3.83. The number of benzene rings is 1. The monoisotopic (exact) mass is 246 g/mol. The van der Waals surface area contributed by atoms with E-state index in [0.29, 0.717) is 0 Å². The summed E-state index contributed by atoms with van der Waals surface area (Å²) in [5.41, 5.74) is 3.23. The van der Waals surface area contributed by atoms with Crippen LogP contribution in [0.4, 0.5) is 0 Å². The Balaban J connectivity index is 2.81. The second-order valence-corrected chi connectivity index (χ2v) is 5.43. The first-order valence-corrected chi connectivity index (χ1v) is 7.91. The highest BCUT2D eigenvalue weighted by atomic mass is 14.2. The Labute approximate surface area is 114 Å². The Morgan fingerprint density at radius 1 is 0.833 bits per heavy atom. The quantitative estimate of drug-likeness (QED) is 0.493. The first-order valence-electron chi connectivity index (χ1n) is 7.91. The van der Waals surface area contributed by atoms with Gasteiger partial charge in [0.15, 0.2) is 0 Å². The predicted octanol–water partition coefficient (Wildman–Crippen LogP) is 6.10. The van der Waals surface area contributed by atoms with Crippen molar-refractivity contribution in [3.8, 4) is 0 Å². The second-order valence-electron chi connectivity index (χ2n) is 5.43. The molecule has 0 saturated carbocycles. The minimum atomic E-state index is 0.799. The molecule has 0 aromatic heterocycles. The van der Waals surface area contributed by atoms with E-state index >= 15 is 0 Å². The van der Waals surface area contributed by atoms with E-state index in [9.17, 15) is 0 Å². The molecule has 0 aliphatic heterocycles. The Morgan fingerprint density at radius 2 is 1.44 bits per heavy atom. The maximum Gasteiger partial charge on any atom is -0.0159 e. The molecule has 102 valence electrons. The average Bonchev–Trinajstić information content (AvgIpc) is 2.40. The molecule has 0 N–H and O–H groups in total. The van der Waals surface area contributed by atoms with Gasteiger partial charge >= 0.3 is 0 Å². The summed E-state index contributed by atoms with van der Waals surface area (Å²) in [4.78, 5) is 0. The van der Waals surface area contributed by atoms with Crippen molar-refractivity contribution in [3.05, 3.63) is 35.4 Å². The minimum absolute atomic E-state index is 0.799. The molecule has 0 bridgehead atoms. The van der Waals surface area contributed by atoms with Crippen LogP contribution in [0.25, 0.3) is 0 Å². The summed E-state index contributed by atoms with van der Waals surface area (Å²) >= 11 is 0. The average molecular weight is 246 g/mol. The van der Waals surface area contributed by atoms with E-state index in [0.717, 1.165) is 5.92 Å². The van der Waals surface area contributed by atoms with E-state index in [1.807, 2.05) is 0 Å². The van der Waals surface area contributed by atoms with E-state index in [1.54, 1.807) is 11.1 Å². The van der Waals surface area contributed by atoms with Gasteiger partial charge in [-0.15, -0.1) is 0 Å². The Kier molecular flexibility index (Phi) is 7.80. The zero-order valence-corrected chi connectivity index (χ0v) is 12.5. The Bertz CT molecular complexity index is 306. The van der Waals surface area contributed by atoms with Crippen LogP contribution in [-0.4, -0.2) is 0 Å². The highest BCUT2D eigenvalue weighted by Gasteiger charge is 2.13. The van der Waals surface area contributed by atoms with Gasteiger partial charge < -0.3 is 0 Å². The molecule has 0 aliphatic carbocycles. The van der Waals surface area contributed by atoms with Crippen molar-refractivity contribution in [2.45, 2.75) is 78.1 Å². The van der Waals surface area contributed by atoms with E-state index < -0.39 is 0 Å². The van der Waals surface area contributed by atoms with E-state index in [1.165, 1.54) is 51.4 Å². The molecular weight excluding hydrogens is 216 g/mol. The van der Waals surface area contributed by atoms with Crippen LogP contribution in [0.3, 0.4) is 0 Å². The lowest BCUT2D eigenvalue weighted by atomic mass is 9.85. The molecule has 0 unspecified atom stereocenters. The third kappa shape index (κ3) is 4.84. The van der Waals surface area contributed by atoms with Gasteiger partial charge in [0.25, 0.3) is 0 Å². The molecular formula is C18H30. The SMILES string of the molecule is CCCCC(CCCC)c1ccccc1CCC. The topological polar surface area (TPSA) is 0 Å². The largest absolute Gasteiger partial charge is 0.0654 e. The van der Waals surface area contributed by atoms with E-state index in [4.69, 9.17) is 0 Å². The number of hydrogen-bond acceptors (Lipinski definition) is 0. The fraction of sp³-hybridized carbons (Fsp3) is 0.667. The molecule has 1 aromatic carbocycles. The first kappa shape index (κ1) is 15.3. The number of aryl methyl sites for hydroxylation is 1. The van der Waals surface area contributed by atoms with Crippen molar-refractivity contribution >= 4 is 0 Å². The first-order chi connectivity index (χ1) is 8.83. The summed E-state index contributed by atoms with van der Waals surface area (Å²) in [5, 5.41) is 0. The standard InChI is InChI=1S/C18H30/c1-4-7-12-17(13-8-5-2)18-15-10-9-14-16(18)11-6-3/h9-10,14-15,17H,4-8,11-13H2,1-3H3. The molecule has 0 heterocycles. The van der Waals surface area contributed by atoms with Gasteiger partial charge in [-0.1, -0.05) is 77.1 Å². The number of unbranched alkanes of at least 4 members (excludes halogenated alkanes) is 2. The molecule has 0 fully saturated rings. The molecule has 18 heavy (non-hydrogen) atoms. The molecule has 0 radical (unpaired) electrons. The zero-order valence-electron chi connectivity index (χ0n) is 12.5. The third-order valence-electron chi connectivity index (χ3n) is 3.83. The van der Waals surface area contributed by atoms with Crippen molar-refractivity contribution in [2.24, 2.45) is 0 Å². The molecule has 1 rings (SSSR count). The van der Waals surface area contributed by atoms with Crippen molar-refractivity contribution in [1.82, 2.24) is 0 Å². The van der Waals surface area contributed by atoms with Gasteiger partial charge in [0, 0.05) is 0 Å². The normalized spacial score (nSPS) is 11.1. The van der Waals surface area contributed by atoms with Crippen LogP contribution < -0.4 is 0 Å². The summed E-state index contributed by atoms with van der Waals surface area (Å²) in [6, 6.07) is 9.13. The van der Waals surface area contributed by atoms with Crippen molar-refractivity contribution in [1.29, 1.82) is 0 Å². The minimum Gasteiger partial charge on any atom is -0.0654 e. The number of rotatable bonds is 9. The highest BCUT2D eigenvalue weighted by molar-refractivity contribution is 5.30. The lowest BCUT2D eigenvalue weighted by molar-refractivity contribution is 0.521. The fourth-order valence-corrected chi connectivity index (χ4v) is 2.79. The molecule has 0 amide bonds. The molecule has 0 heteroatoms. The van der Waals surface area contributed by atoms with Gasteiger partial charge in [-0.05, 0) is 36.3 Å². The summed E-state index contributed by atoms with van der Waals surface area (Å²) in [5.74, 6) is 0.799. The van der Waals surface area contributed by atoms with Gasteiger partial charge in [-0.2, -0.15) is 0 Å². The van der Waals surface area contributed by atoms with Crippen LogP contribution in [0.2, 0.25) is 0 Å². The van der Waals surface area contributed by atoms with Crippen LogP contribution >= 0.6 is 0 Å². The molecule has 0 spiro atoms. The maximum absolute atomic E-state index is 2.38. The molecule has 1 aromatic rings. The Hall–Kier alpha value is -0.780. The van der Waals surface area contributed by atoms with Crippen LogP contribution in [0.15, 0.2) is 24.3 Å². The van der Waals surface area contributed by atoms with Crippen molar-refractivity contribution in [3.63, 3.8) is 0 Å². The van der Waals surface area contributed by atoms with E-state index in [2.05, 4.69) is 45.0 Å². The van der Waals surface area contributed by atoms with Gasteiger partial charge in [-0.25, -0.2) is 0 Å². The van der Waals surface area contributed by atoms with Crippen LogP contribution in [-0.2, 0) is 6.42 Å². The molecule has 0 nitrogen and oxygen atoms in total. The van der Waals surface area contributed by atoms with Crippen LogP contribution in [0.1, 0.15) is 82.8 Å². The van der Waals surface area contributed by atoms with Gasteiger partial charge in [0.05, 0.1) is 0 Å². The van der Waals surface area contributed by atoms with Gasteiger partial charge in [0.1, 0.15) is 0 Å². The van der Waals surface area contributed by atoms with Gasteiger partial charge in [-0.3, -0.25) is 0 Å². The molecule has 0 atom stereocenters. The van der Waals surface area contributed by atoms with Crippen LogP contribution in [0.5, 0.6) is 0 Å². The van der Waals surface area contributed by atoms with Gasteiger partial charge in [0.2, 0.25) is 0 Å². The van der Waals surface area contributed by atoms with Crippen LogP contribution in [0, 0.1) is 0 Å². The second kappa shape index (κ2) is 9.19. The fourth-order valence-electron chi connectivity index (χ4n) is 2.79. The smallest absolute Gasteiger partial charge is 0.0159 e. The maximum atomic E-state index is 2.38. The molecule has 0 aliphatic rings. The zero-order chi connectivity index (χ0) is 13.2. The Morgan fingerprint density at radius 3 is 2.00 bits per heavy atom. The summed E-state index contributed by atoms with van der Waals surface area (Å²) in [6.07, 6.45) is 10.6. The number of hydrogen-bond donors (Lipinski definition) is 0. The lowest BCUT2D eigenvalue weighted by Crippen LogP contribution is -2.03.